The average molecular weight is 978 g/mol. The molecule has 10 heteroatoms. The zero-order chi connectivity index (χ0) is 50.2. The van der Waals surface area contributed by atoms with Crippen molar-refractivity contribution >= 4 is 19.8 Å². The van der Waals surface area contributed by atoms with Gasteiger partial charge in [-0.3, -0.25) is 18.6 Å². The highest BCUT2D eigenvalue weighted by atomic mass is 31.2. The molecule has 2 unspecified atom stereocenters. The summed E-state index contributed by atoms with van der Waals surface area (Å²) in [5.74, 6) is -0.871. The summed E-state index contributed by atoms with van der Waals surface area (Å²) in [6.45, 7) is 3.46. The van der Waals surface area contributed by atoms with Crippen molar-refractivity contribution in [1.82, 2.24) is 0 Å². The third kappa shape index (κ3) is 53.4. The molecule has 0 amide bonds. The molecule has 0 aromatic heterocycles. The van der Waals surface area contributed by atoms with E-state index in [1.54, 1.807) is 0 Å². The number of phosphoric ester groups is 1. The maximum absolute atomic E-state index is 12.7. The standard InChI is InChI=1S/C59H96NO8P/c1-3-5-7-9-11-13-15-17-19-21-23-25-26-27-28-29-30-32-34-36-38-40-42-44-46-48-50-52-59(62)68-57(56-67-69(63,64)66-54-53-60)55-65-58(61)51-49-47-45-43-41-39-37-35-33-31-24-22-20-18-16-14-12-10-8-6-4-2/h5-8,11-14,17-20,23-25,27-28,30-32,35,37,57H,3-4,9-10,15-16,21-22,26,29,33-34,36,38-56,60H2,1-2H3,(H,63,64)/b7-5-,8-6-,13-11-,14-12-,19-17-,20-18-,25-23-,28-27-,31-24-,32-30-,37-35-. The van der Waals surface area contributed by atoms with E-state index in [1.165, 1.54) is 25.7 Å². The van der Waals surface area contributed by atoms with Gasteiger partial charge in [-0.2, -0.15) is 0 Å². The monoisotopic (exact) mass is 978 g/mol. The maximum atomic E-state index is 12.7. The van der Waals surface area contributed by atoms with Crippen LogP contribution in [0.15, 0.2) is 134 Å². The lowest BCUT2D eigenvalue weighted by Crippen LogP contribution is -2.29. The molecular formula is C59H96NO8P. The van der Waals surface area contributed by atoms with Gasteiger partial charge in [-0.15, -0.1) is 0 Å². The fourth-order valence-electron chi connectivity index (χ4n) is 6.66. The number of phosphoric acid groups is 1. The Morgan fingerprint density at radius 2 is 0.754 bits per heavy atom. The Morgan fingerprint density at radius 3 is 1.12 bits per heavy atom. The summed E-state index contributed by atoms with van der Waals surface area (Å²) in [7, 11) is -4.40. The molecule has 0 aromatic carbocycles. The first-order valence-electron chi connectivity index (χ1n) is 26.7. The number of hydrogen-bond acceptors (Lipinski definition) is 8. The Morgan fingerprint density at radius 1 is 0.435 bits per heavy atom. The molecule has 2 atom stereocenters. The fraction of sp³-hybridized carbons (Fsp3) is 0.593. The highest BCUT2D eigenvalue weighted by Gasteiger charge is 2.26. The van der Waals surface area contributed by atoms with Crippen LogP contribution in [0.3, 0.4) is 0 Å². The van der Waals surface area contributed by atoms with Crippen molar-refractivity contribution in [1.29, 1.82) is 0 Å². The summed E-state index contributed by atoms with van der Waals surface area (Å²) in [5, 5.41) is 0. The molecule has 69 heavy (non-hydrogen) atoms. The van der Waals surface area contributed by atoms with Crippen molar-refractivity contribution in [3.63, 3.8) is 0 Å². The SMILES string of the molecule is CC/C=C\C/C=C\C/C=C\C/C=C\C/C=C\C/C=C\CCCCCCCCCCC(=O)OC(COC(=O)CCCCCCC/C=C\C/C=C\C/C=C\C/C=C\C/C=C\CC)COP(=O)(O)OCCN. The normalized spacial score (nSPS) is 14.2. The number of rotatable bonds is 48. The van der Waals surface area contributed by atoms with Gasteiger partial charge in [0.05, 0.1) is 13.2 Å². The van der Waals surface area contributed by atoms with Crippen molar-refractivity contribution in [2.45, 2.75) is 200 Å². The van der Waals surface area contributed by atoms with Crippen LogP contribution in [0.5, 0.6) is 0 Å². The largest absolute Gasteiger partial charge is 0.472 e. The van der Waals surface area contributed by atoms with E-state index in [1.807, 2.05) is 0 Å². The van der Waals surface area contributed by atoms with Crippen LogP contribution >= 0.6 is 7.82 Å². The summed E-state index contributed by atoms with van der Waals surface area (Å²) in [6, 6.07) is 0. The van der Waals surface area contributed by atoms with Gasteiger partial charge in [0.15, 0.2) is 6.10 Å². The van der Waals surface area contributed by atoms with Crippen LogP contribution in [0.25, 0.3) is 0 Å². The smallest absolute Gasteiger partial charge is 0.462 e. The first-order valence-corrected chi connectivity index (χ1v) is 28.2. The molecule has 0 spiro atoms. The Labute approximate surface area is 421 Å². The molecule has 0 rings (SSSR count). The second-order valence-electron chi connectivity index (χ2n) is 17.0. The fourth-order valence-corrected chi connectivity index (χ4v) is 7.43. The minimum absolute atomic E-state index is 0.0410. The van der Waals surface area contributed by atoms with Crippen molar-refractivity contribution in [3.8, 4) is 0 Å². The van der Waals surface area contributed by atoms with E-state index in [-0.39, 0.29) is 32.6 Å². The van der Waals surface area contributed by atoms with Crippen molar-refractivity contribution in [2.75, 3.05) is 26.4 Å². The number of nitrogens with two attached hydrogens (primary N) is 1. The lowest BCUT2D eigenvalue weighted by atomic mass is 10.1. The van der Waals surface area contributed by atoms with Crippen molar-refractivity contribution in [3.05, 3.63) is 134 Å². The van der Waals surface area contributed by atoms with Crippen LogP contribution in [0, 0.1) is 0 Å². The summed E-state index contributed by atoms with van der Waals surface area (Å²) >= 11 is 0. The second kappa shape index (κ2) is 53.5. The van der Waals surface area contributed by atoms with Crippen molar-refractivity contribution in [2.24, 2.45) is 5.73 Å². The number of allylic oxidation sites excluding steroid dienone is 22. The molecule has 0 heterocycles. The number of esters is 2. The van der Waals surface area contributed by atoms with E-state index in [9.17, 15) is 19.0 Å². The van der Waals surface area contributed by atoms with Crippen LogP contribution in [0.4, 0.5) is 0 Å². The van der Waals surface area contributed by atoms with E-state index in [0.717, 1.165) is 128 Å². The third-order valence-corrected chi connectivity index (χ3v) is 11.5. The van der Waals surface area contributed by atoms with E-state index in [2.05, 4.69) is 148 Å². The first kappa shape index (κ1) is 65.1. The molecule has 0 saturated carbocycles. The molecule has 3 N–H and O–H groups in total. The molecule has 0 bridgehead atoms. The van der Waals surface area contributed by atoms with Gasteiger partial charge in [-0.1, -0.05) is 205 Å². The van der Waals surface area contributed by atoms with Crippen molar-refractivity contribution < 1.29 is 37.6 Å². The number of hydrogen-bond donors (Lipinski definition) is 2. The minimum atomic E-state index is -4.40. The maximum Gasteiger partial charge on any atom is 0.472 e. The summed E-state index contributed by atoms with van der Waals surface area (Å²) in [6.07, 6.45) is 74.8. The van der Waals surface area contributed by atoms with Gasteiger partial charge in [-0.05, 0) is 109 Å². The number of ether oxygens (including phenoxy) is 2. The highest BCUT2D eigenvalue weighted by Crippen LogP contribution is 2.43. The first-order chi connectivity index (χ1) is 33.8. The third-order valence-electron chi connectivity index (χ3n) is 10.5. The van der Waals surface area contributed by atoms with Crippen LogP contribution in [-0.4, -0.2) is 49.3 Å². The Kier molecular flexibility index (Phi) is 50.5. The Hall–Kier alpha value is -3.85. The quantitative estimate of drug-likeness (QED) is 0.0264. The molecule has 0 aliphatic carbocycles. The minimum Gasteiger partial charge on any atom is -0.462 e. The van der Waals surface area contributed by atoms with E-state index in [0.29, 0.717) is 12.8 Å². The lowest BCUT2D eigenvalue weighted by molar-refractivity contribution is -0.161. The number of carbonyl (C=O) groups excluding carboxylic acids is 2. The topological polar surface area (TPSA) is 134 Å². The predicted octanol–water partition coefficient (Wildman–Crippen LogP) is 16.6. The lowest BCUT2D eigenvalue weighted by Gasteiger charge is -2.19. The summed E-state index contributed by atoms with van der Waals surface area (Å²) < 4.78 is 32.9. The van der Waals surface area contributed by atoms with Crippen LogP contribution in [0.2, 0.25) is 0 Å². The Balaban J connectivity index is 4.13. The zero-order valence-corrected chi connectivity index (χ0v) is 44.1. The summed E-state index contributed by atoms with van der Waals surface area (Å²) in [4.78, 5) is 35.1. The van der Waals surface area contributed by atoms with Gasteiger partial charge in [-0.25, -0.2) is 4.57 Å². The van der Waals surface area contributed by atoms with E-state index < -0.39 is 32.5 Å². The van der Waals surface area contributed by atoms with Gasteiger partial charge in [0.1, 0.15) is 6.61 Å². The molecule has 0 aliphatic rings. The zero-order valence-electron chi connectivity index (χ0n) is 43.2. The second-order valence-corrected chi connectivity index (χ2v) is 18.4. The molecule has 0 aliphatic heterocycles. The molecule has 390 valence electrons. The molecule has 0 fully saturated rings. The predicted molar refractivity (Wildman–Crippen MR) is 293 cm³/mol. The van der Waals surface area contributed by atoms with Crippen LogP contribution < -0.4 is 5.73 Å². The molecule has 0 saturated heterocycles. The van der Waals surface area contributed by atoms with Gasteiger partial charge in [0.2, 0.25) is 0 Å². The van der Waals surface area contributed by atoms with Gasteiger partial charge in [0.25, 0.3) is 0 Å². The molecule has 9 nitrogen and oxygen atoms in total. The van der Waals surface area contributed by atoms with Crippen LogP contribution in [0.1, 0.15) is 194 Å². The van der Waals surface area contributed by atoms with E-state index >= 15 is 0 Å². The molecule has 0 aromatic rings. The molecular weight excluding hydrogens is 882 g/mol. The van der Waals surface area contributed by atoms with Crippen LogP contribution in [-0.2, 0) is 32.7 Å². The van der Waals surface area contributed by atoms with E-state index in [4.69, 9.17) is 24.3 Å². The highest BCUT2D eigenvalue weighted by molar-refractivity contribution is 7.47. The number of unbranched alkanes of at least 4 members (excludes halogenated alkanes) is 13. The van der Waals surface area contributed by atoms with Gasteiger partial charge < -0.3 is 20.1 Å². The average Bonchev–Trinajstić information content (AvgIpc) is 3.34. The summed E-state index contributed by atoms with van der Waals surface area (Å²) in [5.41, 5.74) is 5.37. The van der Waals surface area contributed by atoms with Gasteiger partial charge in [0, 0.05) is 19.4 Å². The number of carbonyl (C=O) groups is 2. The molecule has 0 radical (unpaired) electrons. The van der Waals surface area contributed by atoms with Gasteiger partial charge >= 0.3 is 19.8 Å². The Bertz CT molecular complexity index is 1580.